The van der Waals surface area contributed by atoms with Crippen molar-refractivity contribution in [1.29, 1.82) is 0 Å². The lowest BCUT2D eigenvalue weighted by molar-refractivity contribution is -0.144. The first-order valence-electron chi connectivity index (χ1n) is 7.62. The van der Waals surface area contributed by atoms with E-state index in [4.69, 9.17) is 5.14 Å². The lowest BCUT2D eigenvalue weighted by atomic mass is 10.1. The summed E-state index contributed by atoms with van der Waals surface area (Å²) in [6.45, 7) is 0. The molecule has 0 atom stereocenters. The van der Waals surface area contributed by atoms with Gasteiger partial charge in [-0.2, -0.15) is 26.3 Å². The molecule has 0 amide bonds. The molecule has 0 bridgehead atoms. The molecule has 29 heavy (non-hydrogen) atoms. The summed E-state index contributed by atoms with van der Waals surface area (Å²) < 4.78 is 101. The molecule has 0 spiro atoms. The Balaban J connectivity index is 2.19. The average Bonchev–Trinajstić information content (AvgIpc) is 3.06. The summed E-state index contributed by atoms with van der Waals surface area (Å²) in [5.41, 5.74) is -1.41. The van der Waals surface area contributed by atoms with E-state index in [0.29, 0.717) is 10.7 Å². The predicted octanol–water partition coefficient (Wildman–Crippen LogP) is 3.62. The zero-order valence-corrected chi connectivity index (χ0v) is 14.8. The van der Waals surface area contributed by atoms with Crippen LogP contribution >= 0.6 is 0 Å². The van der Waals surface area contributed by atoms with Crippen molar-refractivity contribution in [2.24, 2.45) is 5.14 Å². The standard InChI is InChI=1S/C16H10F6N4O2S/c17-15(18,19)10-3-1-2-9(8-10)13-24-14(16(20,21)22)25-26(13)11-4-6-12(7-5-11)29(23,27)28/h1-8H,(H2,23,27,28). The van der Waals surface area contributed by atoms with Crippen molar-refractivity contribution in [2.75, 3.05) is 0 Å². The van der Waals surface area contributed by atoms with Gasteiger partial charge in [-0.1, -0.05) is 12.1 Å². The molecule has 0 saturated heterocycles. The smallest absolute Gasteiger partial charge is 0.225 e. The van der Waals surface area contributed by atoms with Crippen molar-refractivity contribution < 1.29 is 34.8 Å². The largest absolute Gasteiger partial charge is 0.453 e. The van der Waals surface area contributed by atoms with Gasteiger partial charge in [-0.15, -0.1) is 5.10 Å². The van der Waals surface area contributed by atoms with E-state index < -0.39 is 39.6 Å². The Morgan fingerprint density at radius 2 is 1.52 bits per heavy atom. The molecule has 0 aliphatic rings. The summed E-state index contributed by atoms with van der Waals surface area (Å²) in [6.07, 6.45) is -9.67. The number of nitrogens with two attached hydrogens (primary N) is 1. The van der Waals surface area contributed by atoms with Crippen molar-refractivity contribution in [3.05, 3.63) is 59.9 Å². The third kappa shape index (κ3) is 4.40. The van der Waals surface area contributed by atoms with E-state index in [-0.39, 0.29) is 16.1 Å². The average molecular weight is 436 g/mol. The summed E-state index contributed by atoms with van der Waals surface area (Å²) in [6, 6.07) is 7.82. The fourth-order valence-corrected chi connectivity index (χ4v) is 2.93. The lowest BCUT2D eigenvalue weighted by Crippen LogP contribution is -2.12. The van der Waals surface area contributed by atoms with Crippen LogP contribution in [0.4, 0.5) is 26.3 Å². The number of benzene rings is 2. The van der Waals surface area contributed by atoms with Gasteiger partial charge < -0.3 is 0 Å². The van der Waals surface area contributed by atoms with Crippen LogP contribution in [-0.2, 0) is 22.4 Å². The minimum Gasteiger partial charge on any atom is -0.225 e. The van der Waals surface area contributed by atoms with Gasteiger partial charge >= 0.3 is 12.4 Å². The minimum atomic E-state index is -4.96. The fourth-order valence-electron chi connectivity index (χ4n) is 2.41. The maximum atomic E-state index is 13.1. The molecule has 2 aromatic carbocycles. The fraction of sp³-hybridized carbons (Fsp3) is 0.125. The number of primary sulfonamides is 1. The van der Waals surface area contributed by atoms with Crippen LogP contribution in [-0.4, -0.2) is 23.2 Å². The molecular weight excluding hydrogens is 426 g/mol. The molecule has 3 aromatic rings. The monoisotopic (exact) mass is 436 g/mol. The number of hydrogen-bond donors (Lipinski definition) is 1. The molecule has 1 heterocycles. The first-order valence-corrected chi connectivity index (χ1v) is 9.16. The molecule has 0 unspecified atom stereocenters. The number of aromatic nitrogens is 3. The van der Waals surface area contributed by atoms with Gasteiger partial charge in [0.25, 0.3) is 5.82 Å². The third-order valence-electron chi connectivity index (χ3n) is 3.72. The second kappa shape index (κ2) is 6.84. The molecule has 2 N–H and O–H groups in total. The van der Waals surface area contributed by atoms with E-state index in [9.17, 15) is 34.8 Å². The van der Waals surface area contributed by atoms with Crippen molar-refractivity contribution >= 4 is 10.0 Å². The molecule has 0 aliphatic carbocycles. The van der Waals surface area contributed by atoms with Gasteiger partial charge in [-0.25, -0.2) is 23.2 Å². The maximum Gasteiger partial charge on any atom is 0.453 e. The number of nitrogens with zero attached hydrogens (tertiary/aromatic N) is 3. The number of hydrogen-bond acceptors (Lipinski definition) is 4. The van der Waals surface area contributed by atoms with E-state index >= 15 is 0 Å². The SMILES string of the molecule is NS(=O)(=O)c1ccc(-n2nc(C(F)(F)F)nc2-c2cccc(C(F)(F)F)c2)cc1. The zero-order valence-electron chi connectivity index (χ0n) is 14.0. The van der Waals surface area contributed by atoms with Crippen LogP contribution in [0, 0.1) is 0 Å². The Labute approximate surface area is 159 Å². The number of halogens is 6. The zero-order chi connectivity index (χ0) is 21.6. The van der Waals surface area contributed by atoms with Gasteiger partial charge in [0.1, 0.15) is 0 Å². The predicted molar refractivity (Wildman–Crippen MR) is 88.2 cm³/mol. The highest BCUT2D eigenvalue weighted by Gasteiger charge is 2.38. The van der Waals surface area contributed by atoms with Gasteiger partial charge in [-0.05, 0) is 36.4 Å². The summed E-state index contributed by atoms with van der Waals surface area (Å²) in [7, 11) is -4.05. The molecule has 0 aliphatic heterocycles. The molecule has 13 heteroatoms. The van der Waals surface area contributed by atoms with E-state index in [1.807, 2.05) is 0 Å². The second-order valence-corrected chi connectivity index (χ2v) is 7.35. The molecule has 6 nitrogen and oxygen atoms in total. The van der Waals surface area contributed by atoms with E-state index in [2.05, 4.69) is 10.1 Å². The summed E-state index contributed by atoms with van der Waals surface area (Å²) in [5.74, 6) is -2.08. The quantitative estimate of drug-likeness (QED) is 0.635. The Bertz CT molecular complexity index is 1150. The molecule has 0 fully saturated rings. The Hall–Kier alpha value is -2.93. The number of rotatable bonds is 3. The summed E-state index contributed by atoms with van der Waals surface area (Å²) >= 11 is 0. The van der Waals surface area contributed by atoms with Crippen molar-refractivity contribution in [2.45, 2.75) is 17.2 Å². The van der Waals surface area contributed by atoms with Crippen LogP contribution in [0.5, 0.6) is 0 Å². The minimum absolute atomic E-state index is 0.0622. The van der Waals surface area contributed by atoms with Crippen LogP contribution < -0.4 is 5.14 Å². The van der Waals surface area contributed by atoms with Crippen molar-refractivity contribution in [1.82, 2.24) is 14.8 Å². The van der Waals surface area contributed by atoms with Gasteiger partial charge in [0.15, 0.2) is 5.82 Å². The lowest BCUT2D eigenvalue weighted by Gasteiger charge is -2.10. The normalized spacial score (nSPS) is 12.9. The Kier molecular flexibility index (Phi) is 4.91. The van der Waals surface area contributed by atoms with Gasteiger partial charge in [0.05, 0.1) is 16.1 Å². The van der Waals surface area contributed by atoms with Crippen molar-refractivity contribution in [3.8, 4) is 17.1 Å². The summed E-state index contributed by atoms with van der Waals surface area (Å²) in [4.78, 5) is 3.03. The molecule has 0 saturated carbocycles. The van der Waals surface area contributed by atoms with Crippen LogP contribution in [0.2, 0.25) is 0 Å². The highest BCUT2D eigenvalue weighted by molar-refractivity contribution is 7.89. The molecule has 3 rings (SSSR count). The topological polar surface area (TPSA) is 90.9 Å². The first-order chi connectivity index (χ1) is 13.3. The Morgan fingerprint density at radius 3 is 2.03 bits per heavy atom. The van der Waals surface area contributed by atoms with Gasteiger partial charge in [-0.3, -0.25) is 0 Å². The maximum absolute atomic E-state index is 13.1. The van der Waals surface area contributed by atoms with Gasteiger partial charge in [0.2, 0.25) is 10.0 Å². The van der Waals surface area contributed by atoms with Crippen molar-refractivity contribution in [3.63, 3.8) is 0 Å². The third-order valence-corrected chi connectivity index (χ3v) is 4.65. The highest BCUT2D eigenvalue weighted by Crippen LogP contribution is 2.34. The molecule has 1 aromatic heterocycles. The van der Waals surface area contributed by atoms with Crippen LogP contribution in [0.15, 0.2) is 53.4 Å². The Morgan fingerprint density at radius 1 is 0.897 bits per heavy atom. The first kappa shape index (κ1) is 20.8. The summed E-state index contributed by atoms with van der Waals surface area (Å²) in [5, 5.41) is 8.30. The molecule has 154 valence electrons. The van der Waals surface area contributed by atoms with E-state index in [0.717, 1.165) is 42.5 Å². The van der Waals surface area contributed by atoms with Gasteiger partial charge in [0, 0.05) is 5.56 Å². The highest BCUT2D eigenvalue weighted by atomic mass is 32.2. The second-order valence-electron chi connectivity index (χ2n) is 5.79. The molecule has 0 radical (unpaired) electrons. The van der Waals surface area contributed by atoms with Crippen LogP contribution in [0.25, 0.3) is 17.1 Å². The van der Waals surface area contributed by atoms with E-state index in [1.165, 1.54) is 0 Å². The molecular formula is C16H10F6N4O2S. The number of alkyl halides is 6. The van der Waals surface area contributed by atoms with Crippen LogP contribution in [0.1, 0.15) is 11.4 Å². The number of sulfonamides is 1. The van der Waals surface area contributed by atoms with Crippen LogP contribution in [0.3, 0.4) is 0 Å². The van der Waals surface area contributed by atoms with E-state index in [1.54, 1.807) is 0 Å².